The molecule has 7 heteroatoms. The van der Waals surface area contributed by atoms with Crippen LogP contribution in [0.15, 0.2) is 97.2 Å². The van der Waals surface area contributed by atoms with E-state index in [0.29, 0.717) is 26.1 Å². The Morgan fingerprint density at radius 3 is 2.37 bits per heavy atom. The number of nitrogens with one attached hydrogen (secondary N) is 1. The number of amides is 2. The van der Waals surface area contributed by atoms with E-state index in [2.05, 4.69) is 10.3 Å². The molecule has 4 rings (SSSR count). The lowest BCUT2D eigenvalue weighted by Crippen LogP contribution is -2.36. The molecule has 5 nitrogen and oxygen atoms in total. The van der Waals surface area contributed by atoms with Crippen LogP contribution in [0.4, 0.5) is 19.3 Å². The summed E-state index contributed by atoms with van der Waals surface area (Å²) in [7, 11) is 0. The summed E-state index contributed by atoms with van der Waals surface area (Å²) in [5.74, 6) is -0.819. The first-order valence-corrected chi connectivity index (χ1v) is 11.2. The van der Waals surface area contributed by atoms with Gasteiger partial charge in [-0.3, -0.25) is 4.98 Å². The normalized spacial score (nSPS) is 10.6. The van der Waals surface area contributed by atoms with Crippen LogP contribution in [0, 0.1) is 11.6 Å². The number of pyridine rings is 1. The van der Waals surface area contributed by atoms with Crippen LogP contribution in [0.5, 0.6) is 5.75 Å². The maximum absolute atomic E-state index is 14.1. The van der Waals surface area contributed by atoms with E-state index in [4.69, 9.17) is 4.74 Å². The van der Waals surface area contributed by atoms with Crippen molar-refractivity contribution in [3.05, 3.63) is 126 Å². The molecule has 3 aromatic carbocycles. The third-order valence-electron chi connectivity index (χ3n) is 5.37. The van der Waals surface area contributed by atoms with Crippen molar-refractivity contribution >= 4 is 11.7 Å². The van der Waals surface area contributed by atoms with E-state index in [1.54, 1.807) is 11.1 Å². The minimum absolute atomic E-state index is 0.0797. The first-order valence-electron chi connectivity index (χ1n) is 11.2. The predicted molar refractivity (Wildman–Crippen MR) is 131 cm³/mol. The zero-order valence-corrected chi connectivity index (χ0v) is 19.0. The molecule has 0 saturated heterocycles. The molecule has 0 spiro atoms. The monoisotopic (exact) mass is 473 g/mol. The Balaban J connectivity index is 1.43. The van der Waals surface area contributed by atoms with Gasteiger partial charge in [0.25, 0.3) is 0 Å². The summed E-state index contributed by atoms with van der Waals surface area (Å²) in [6.07, 6.45) is 2.22. The van der Waals surface area contributed by atoms with E-state index >= 15 is 0 Å². The average molecular weight is 474 g/mol. The lowest BCUT2D eigenvalue weighted by molar-refractivity contribution is 0.209. The van der Waals surface area contributed by atoms with Gasteiger partial charge in [-0.05, 0) is 47.5 Å². The second kappa shape index (κ2) is 11.7. The number of halogens is 2. The third-order valence-corrected chi connectivity index (χ3v) is 5.37. The summed E-state index contributed by atoms with van der Waals surface area (Å²) >= 11 is 0. The number of hydrogen-bond donors (Lipinski definition) is 1. The van der Waals surface area contributed by atoms with Gasteiger partial charge in [-0.1, -0.05) is 48.5 Å². The standard InChI is InChI=1S/C28H25F2N3O2/c29-23-11-14-27(26(30)18-23)32-28(34)33(17-15-24-8-4-5-16-31-24)19-21-9-12-25(13-10-21)35-20-22-6-2-1-3-7-22/h1-14,16,18H,15,17,19-20H2,(H,32,34). The maximum atomic E-state index is 14.1. The average Bonchev–Trinajstić information content (AvgIpc) is 2.89. The second-order valence-electron chi connectivity index (χ2n) is 7.97. The maximum Gasteiger partial charge on any atom is 0.322 e. The molecule has 0 unspecified atom stereocenters. The van der Waals surface area contributed by atoms with Crippen molar-refractivity contribution in [1.82, 2.24) is 9.88 Å². The van der Waals surface area contributed by atoms with Gasteiger partial charge in [0.05, 0.1) is 5.69 Å². The summed E-state index contributed by atoms with van der Waals surface area (Å²) in [5, 5.41) is 2.54. The van der Waals surface area contributed by atoms with Gasteiger partial charge < -0.3 is 15.0 Å². The van der Waals surface area contributed by atoms with Gasteiger partial charge in [0.1, 0.15) is 24.0 Å². The van der Waals surface area contributed by atoms with Crippen molar-refractivity contribution in [2.75, 3.05) is 11.9 Å². The number of anilines is 1. The van der Waals surface area contributed by atoms with E-state index < -0.39 is 17.7 Å². The quantitative estimate of drug-likeness (QED) is 0.314. The number of nitrogens with zero attached hydrogens (tertiary/aromatic N) is 2. The lowest BCUT2D eigenvalue weighted by Gasteiger charge is -2.23. The van der Waals surface area contributed by atoms with E-state index in [1.807, 2.05) is 72.8 Å². The molecule has 0 aliphatic carbocycles. The largest absolute Gasteiger partial charge is 0.489 e. The highest BCUT2D eigenvalue weighted by molar-refractivity contribution is 5.89. The van der Waals surface area contributed by atoms with E-state index in [9.17, 15) is 13.6 Å². The fourth-order valence-electron chi connectivity index (χ4n) is 3.49. The van der Waals surface area contributed by atoms with E-state index in [0.717, 1.165) is 34.7 Å². The third kappa shape index (κ3) is 7.11. The molecule has 2 amide bonds. The van der Waals surface area contributed by atoms with Gasteiger partial charge in [-0.25, -0.2) is 13.6 Å². The zero-order chi connectivity index (χ0) is 24.5. The smallest absolute Gasteiger partial charge is 0.322 e. The van der Waals surface area contributed by atoms with E-state index in [-0.39, 0.29) is 5.69 Å². The van der Waals surface area contributed by atoms with Gasteiger partial charge in [0.2, 0.25) is 0 Å². The van der Waals surface area contributed by atoms with Crippen molar-refractivity contribution in [1.29, 1.82) is 0 Å². The molecule has 0 atom stereocenters. The molecule has 0 radical (unpaired) electrons. The van der Waals surface area contributed by atoms with Gasteiger partial charge in [0.15, 0.2) is 0 Å². The van der Waals surface area contributed by atoms with Crippen LogP contribution in [-0.2, 0) is 19.6 Å². The number of benzene rings is 3. The lowest BCUT2D eigenvalue weighted by atomic mass is 10.2. The Labute approximate surface area is 203 Å². The van der Waals surface area contributed by atoms with Crippen LogP contribution < -0.4 is 10.1 Å². The highest BCUT2D eigenvalue weighted by Gasteiger charge is 2.17. The highest BCUT2D eigenvalue weighted by Crippen LogP contribution is 2.18. The summed E-state index contributed by atoms with van der Waals surface area (Å²) in [6, 6.07) is 25.5. The van der Waals surface area contributed by atoms with Crippen LogP contribution in [0.2, 0.25) is 0 Å². The molecular formula is C28H25F2N3O2. The van der Waals surface area contributed by atoms with Crippen LogP contribution in [-0.4, -0.2) is 22.5 Å². The second-order valence-corrected chi connectivity index (χ2v) is 7.97. The number of ether oxygens (including phenoxy) is 1. The summed E-state index contributed by atoms with van der Waals surface area (Å²) in [6.45, 7) is 1.11. The Morgan fingerprint density at radius 1 is 0.886 bits per heavy atom. The predicted octanol–water partition coefficient (Wildman–Crippen LogP) is 6.22. The molecule has 1 N–H and O–H groups in total. The number of urea groups is 1. The topological polar surface area (TPSA) is 54.5 Å². The number of rotatable bonds is 9. The van der Waals surface area contributed by atoms with Crippen molar-refractivity contribution in [3.63, 3.8) is 0 Å². The molecule has 0 saturated carbocycles. The fraction of sp³-hybridized carbons (Fsp3) is 0.143. The SMILES string of the molecule is O=C(Nc1ccc(F)cc1F)N(CCc1ccccn1)Cc1ccc(OCc2ccccc2)cc1. The molecule has 0 aliphatic heterocycles. The van der Waals surface area contributed by atoms with Gasteiger partial charge >= 0.3 is 6.03 Å². The van der Waals surface area contributed by atoms with Gasteiger partial charge in [-0.2, -0.15) is 0 Å². The number of carbonyl (C=O) groups is 1. The zero-order valence-electron chi connectivity index (χ0n) is 19.0. The molecule has 1 aromatic heterocycles. The molecule has 0 bridgehead atoms. The minimum atomic E-state index is -0.831. The molecule has 4 aromatic rings. The van der Waals surface area contributed by atoms with Gasteiger partial charge in [-0.15, -0.1) is 0 Å². The van der Waals surface area contributed by atoms with Crippen LogP contribution in [0.3, 0.4) is 0 Å². The Morgan fingerprint density at radius 2 is 1.66 bits per heavy atom. The summed E-state index contributed by atoms with van der Waals surface area (Å²) in [4.78, 5) is 18.9. The Bertz CT molecular complexity index is 1240. The van der Waals surface area contributed by atoms with Gasteiger partial charge in [0, 0.05) is 37.5 Å². The molecule has 178 valence electrons. The highest BCUT2D eigenvalue weighted by atomic mass is 19.1. The molecule has 35 heavy (non-hydrogen) atoms. The van der Waals surface area contributed by atoms with Crippen LogP contribution in [0.1, 0.15) is 16.8 Å². The summed E-state index contributed by atoms with van der Waals surface area (Å²) < 4.78 is 33.2. The Kier molecular flexibility index (Phi) is 8.01. The van der Waals surface area contributed by atoms with Crippen molar-refractivity contribution in [3.8, 4) is 5.75 Å². The fourth-order valence-corrected chi connectivity index (χ4v) is 3.49. The molecule has 0 aliphatic rings. The first-order chi connectivity index (χ1) is 17.1. The molecular weight excluding hydrogens is 448 g/mol. The number of aromatic nitrogens is 1. The van der Waals surface area contributed by atoms with Crippen molar-refractivity contribution in [2.24, 2.45) is 0 Å². The summed E-state index contributed by atoms with van der Waals surface area (Å²) in [5.41, 5.74) is 2.71. The Hall–Kier alpha value is -4.26. The number of carbonyl (C=O) groups excluding carboxylic acids is 1. The van der Waals surface area contributed by atoms with Crippen LogP contribution >= 0.6 is 0 Å². The van der Waals surface area contributed by atoms with E-state index in [1.165, 1.54) is 6.07 Å². The van der Waals surface area contributed by atoms with Crippen molar-refractivity contribution < 1.29 is 18.3 Å². The minimum Gasteiger partial charge on any atom is -0.489 e. The molecule has 0 fully saturated rings. The first kappa shape index (κ1) is 23.9. The molecule has 1 heterocycles. The van der Waals surface area contributed by atoms with Crippen molar-refractivity contribution in [2.45, 2.75) is 19.6 Å². The van der Waals surface area contributed by atoms with Crippen LogP contribution in [0.25, 0.3) is 0 Å². The number of hydrogen-bond acceptors (Lipinski definition) is 3.